The number of carbonyl (C=O) groups excluding carboxylic acids is 1. The highest BCUT2D eigenvalue weighted by Gasteiger charge is 2.57. The van der Waals surface area contributed by atoms with Crippen molar-refractivity contribution in [2.24, 2.45) is 5.41 Å². The lowest BCUT2D eigenvalue weighted by atomic mass is 9.64. The fourth-order valence-corrected chi connectivity index (χ4v) is 7.64. The predicted octanol–water partition coefficient (Wildman–Crippen LogP) is 5.69. The van der Waals surface area contributed by atoms with Gasteiger partial charge in [-0.05, 0) is 113 Å². The van der Waals surface area contributed by atoms with Crippen LogP contribution < -0.4 is 0 Å². The number of halogens is 2. The van der Waals surface area contributed by atoms with E-state index in [-0.39, 0.29) is 24.1 Å². The van der Waals surface area contributed by atoms with Gasteiger partial charge in [-0.15, -0.1) is 0 Å². The minimum absolute atomic E-state index is 0.0403. The van der Waals surface area contributed by atoms with Crippen molar-refractivity contribution in [3.05, 3.63) is 81.9 Å². The molecule has 2 fully saturated rings. The Bertz CT molecular complexity index is 1310. The number of carbonyl (C=O) groups is 1. The van der Waals surface area contributed by atoms with E-state index in [0.717, 1.165) is 55.5 Å². The number of hydrogen-bond donors (Lipinski definition) is 3. The van der Waals surface area contributed by atoms with Crippen LogP contribution in [0.3, 0.4) is 0 Å². The quantitative estimate of drug-likeness (QED) is 0.320. The van der Waals surface area contributed by atoms with Gasteiger partial charge < -0.3 is 15.3 Å². The third kappa shape index (κ3) is 5.92. The summed E-state index contributed by atoms with van der Waals surface area (Å²) in [6.45, 7) is 5.59. The van der Waals surface area contributed by atoms with Gasteiger partial charge in [-0.2, -0.15) is 0 Å². The summed E-state index contributed by atoms with van der Waals surface area (Å²) in [6, 6.07) is 8.97. The molecule has 5 atom stereocenters. The first-order valence-corrected chi connectivity index (χ1v) is 15.1. The van der Waals surface area contributed by atoms with Gasteiger partial charge in [0, 0.05) is 29.1 Å². The molecule has 7 heteroatoms. The number of rotatable bonds is 5. The molecule has 5 nitrogen and oxygen atoms in total. The van der Waals surface area contributed by atoms with Crippen LogP contribution in [0.2, 0.25) is 0 Å². The molecule has 3 aliphatic carbocycles. The molecule has 1 aliphatic heterocycles. The van der Waals surface area contributed by atoms with Crippen molar-refractivity contribution in [1.82, 2.24) is 4.90 Å². The molecule has 2 bridgehead atoms. The van der Waals surface area contributed by atoms with Crippen LogP contribution in [0.15, 0.2) is 48.0 Å². The maximum absolute atomic E-state index is 14.2. The fourth-order valence-electron chi connectivity index (χ4n) is 7.64. The van der Waals surface area contributed by atoms with E-state index in [9.17, 15) is 28.9 Å². The molecule has 0 aromatic heterocycles. The minimum Gasteiger partial charge on any atom is -0.395 e. The number of nitrogens with zero attached hydrogens (tertiary/aromatic N) is 1. The van der Waals surface area contributed by atoms with Crippen LogP contribution in [-0.4, -0.2) is 63.4 Å². The van der Waals surface area contributed by atoms with Crippen molar-refractivity contribution in [3.63, 3.8) is 0 Å². The van der Waals surface area contributed by atoms with Crippen LogP contribution in [0.1, 0.15) is 98.2 Å². The van der Waals surface area contributed by atoms with E-state index in [1.807, 2.05) is 12.1 Å². The minimum atomic E-state index is -1.07. The first-order chi connectivity index (χ1) is 19.5. The second-order valence-corrected chi connectivity index (χ2v) is 12.9. The van der Waals surface area contributed by atoms with Crippen molar-refractivity contribution in [1.29, 1.82) is 0 Å². The number of ketones is 1. The molecule has 1 saturated heterocycles. The summed E-state index contributed by atoms with van der Waals surface area (Å²) < 4.78 is 27.9. The molecule has 0 radical (unpaired) electrons. The van der Waals surface area contributed by atoms with Gasteiger partial charge in [0.1, 0.15) is 0 Å². The van der Waals surface area contributed by atoms with E-state index < -0.39 is 34.5 Å². The first-order valence-electron chi connectivity index (χ1n) is 15.1. The van der Waals surface area contributed by atoms with Gasteiger partial charge in [0.15, 0.2) is 17.4 Å². The molecule has 2 aromatic carbocycles. The maximum atomic E-state index is 14.2. The van der Waals surface area contributed by atoms with Crippen LogP contribution in [0.25, 0.3) is 0 Å². The highest BCUT2D eigenvalue weighted by atomic mass is 19.2. The zero-order valence-corrected chi connectivity index (χ0v) is 24.2. The largest absolute Gasteiger partial charge is 0.395 e. The Labute approximate surface area is 241 Å². The lowest BCUT2D eigenvalue weighted by molar-refractivity contribution is -0.0875. The summed E-state index contributed by atoms with van der Waals surface area (Å²) in [5, 5.41) is 33.2. The molecule has 0 amide bonds. The summed E-state index contributed by atoms with van der Waals surface area (Å²) in [5.41, 5.74) is 1.69. The predicted molar refractivity (Wildman–Crippen MR) is 155 cm³/mol. The van der Waals surface area contributed by atoms with Gasteiger partial charge in [-0.3, -0.25) is 9.69 Å². The molecule has 3 N–H and O–H groups in total. The summed E-state index contributed by atoms with van der Waals surface area (Å²) in [5.74, 6) is -2.62. The number of fused-ring (bicyclic) bond motifs is 8. The molecule has 5 unspecified atom stereocenters. The average molecular weight is 568 g/mol. The summed E-state index contributed by atoms with van der Waals surface area (Å²) in [4.78, 5) is 16.2. The fraction of sp³-hybridized carbons (Fsp3) is 0.559. The van der Waals surface area contributed by atoms with Gasteiger partial charge in [0.05, 0.1) is 18.3 Å². The molecular formula is C34H43F2NO4. The molecule has 41 heavy (non-hydrogen) atoms. The average Bonchev–Trinajstić information content (AvgIpc) is 3.49. The summed E-state index contributed by atoms with van der Waals surface area (Å²) in [6.07, 6.45) is 7.97. The smallest absolute Gasteiger partial charge is 0.193 e. The third-order valence-electron chi connectivity index (χ3n) is 10.3. The van der Waals surface area contributed by atoms with E-state index in [1.54, 1.807) is 6.07 Å². The molecule has 2 aromatic rings. The lowest BCUT2D eigenvalue weighted by Crippen LogP contribution is -2.53. The molecule has 1 saturated carbocycles. The Morgan fingerprint density at radius 3 is 2.63 bits per heavy atom. The Morgan fingerprint density at radius 2 is 1.88 bits per heavy atom. The Balaban J connectivity index is 1.61. The second kappa shape index (κ2) is 12.0. The highest BCUT2D eigenvalue weighted by molar-refractivity contribution is 6.10. The van der Waals surface area contributed by atoms with Gasteiger partial charge in [-0.25, -0.2) is 8.78 Å². The summed E-state index contributed by atoms with van der Waals surface area (Å²) >= 11 is 0. The standard InChI is InChI=1S/C34H43F2NO4/c1-22-5-3-14-33(2)29(13-15-34(33,41)21-37-16-4-6-25(37)20-38)27-11-8-23(17-26(39)10-7-22)18-28(27)32(40)24-9-12-30(35)31(36)19-24/h5,8-9,11-12,18-19,25-26,29,38-39,41H,3-4,6-7,10,13-17,20-21H2,1-2H3. The zero-order valence-electron chi connectivity index (χ0n) is 24.2. The van der Waals surface area contributed by atoms with Gasteiger partial charge in [-0.1, -0.05) is 30.7 Å². The zero-order chi connectivity index (χ0) is 29.4. The number of aliphatic hydroxyl groups is 3. The van der Waals surface area contributed by atoms with E-state index in [0.29, 0.717) is 44.2 Å². The van der Waals surface area contributed by atoms with Crippen LogP contribution >= 0.6 is 0 Å². The number of benzene rings is 2. The van der Waals surface area contributed by atoms with E-state index in [1.165, 1.54) is 11.6 Å². The van der Waals surface area contributed by atoms with Crippen molar-refractivity contribution < 1.29 is 28.9 Å². The number of aliphatic hydroxyl groups excluding tert-OH is 2. The first kappa shape index (κ1) is 30.0. The highest BCUT2D eigenvalue weighted by Crippen LogP contribution is 2.59. The molecule has 0 spiro atoms. The van der Waals surface area contributed by atoms with Crippen LogP contribution in [0, 0.1) is 17.0 Å². The number of likely N-dealkylation sites (tertiary alicyclic amines) is 1. The summed E-state index contributed by atoms with van der Waals surface area (Å²) in [7, 11) is 0. The number of allylic oxidation sites excluding steroid dienone is 2. The van der Waals surface area contributed by atoms with Crippen LogP contribution in [0.4, 0.5) is 8.78 Å². The Kier molecular flexibility index (Phi) is 8.82. The molecular weight excluding hydrogens is 524 g/mol. The third-order valence-corrected chi connectivity index (χ3v) is 10.3. The molecule has 6 rings (SSSR count). The Hall–Kier alpha value is -2.45. The van der Waals surface area contributed by atoms with Crippen molar-refractivity contribution >= 4 is 5.78 Å². The second-order valence-electron chi connectivity index (χ2n) is 12.9. The van der Waals surface area contributed by atoms with E-state index >= 15 is 0 Å². The topological polar surface area (TPSA) is 81.0 Å². The van der Waals surface area contributed by atoms with E-state index in [2.05, 4.69) is 24.8 Å². The van der Waals surface area contributed by atoms with Crippen LogP contribution in [-0.2, 0) is 6.42 Å². The Morgan fingerprint density at radius 1 is 1.07 bits per heavy atom. The SMILES string of the molecule is CC1=CCCC2(C)C(CCC2(O)CN2CCCC2CO)c2ccc(cc2C(=O)c2ccc(F)c(F)c2)CC(O)CC1. The number of β-amino-alcohol motifs (C(OH)–C–C–N with tert-alkyl or cyclic N) is 1. The van der Waals surface area contributed by atoms with Crippen molar-refractivity contribution in [3.8, 4) is 0 Å². The normalized spacial score (nSPS) is 31.1. The van der Waals surface area contributed by atoms with Crippen molar-refractivity contribution in [2.45, 2.75) is 95.3 Å². The molecule has 4 aliphatic rings. The van der Waals surface area contributed by atoms with Gasteiger partial charge in [0.2, 0.25) is 0 Å². The van der Waals surface area contributed by atoms with E-state index in [4.69, 9.17) is 0 Å². The molecule has 222 valence electrons. The van der Waals surface area contributed by atoms with Crippen LogP contribution in [0.5, 0.6) is 0 Å². The van der Waals surface area contributed by atoms with Gasteiger partial charge in [0.25, 0.3) is 0 Å². The van der Waals surface area contributed by atoms with Gasteiger partial charge >= 0.3 is 0 Å². The maximum Gasteiger partial charge on any atom is 0.193 e. The number of hydrogen-bond acceptors (Lipinski definition) is 5. The monoisotopic (exact) mass is 567 g/mol. The lowest BCUT2D eigenvalue weighted by Gasteiger charge is -2.46. The molecule has 1 heterocycles. The van der Waals surface area contributed by atoms with Crippen molar-refractivity contribution in [2.75, 3.05) is 19.7 Å².